The summed E-state index contributed by atoms with van der Waals surface area (Å²) in [6.07, 6.45) is 0.271. The van der Waals surface area contributed by atoms with Crippen molar-refractivity contribution in [3.8, 4) is 0 Å². The third kappa shape index (κ3) is 4.70. The average molecular weight is 483 g/mol. The summed E-state index contributed by atoms with van der Waals surface area (Å²) >= 11 is 7.38. The first-order valence-corrected chi connectivity index (χ1v) is 11.6. The van der Waals surface area contributed by atoms with E-state index in [2.05, 4.69) is 15.1 Å². The van der Waals surface area contributed by atoms with E-state index in [9.17, 15) is 14.0 Å². The van der Waals surface area contributed by atoms with Gasteiger partial charge in [-0.25, -0.2) is 14.2 Å². The van der Waals surface area contributed by atoms with Crippen LogP contribution in [0.25, 0.3) is 0 Å². The maximum atomic E-state index is 13.4. The number of hydroxylamine groups is 2. The fraction of sp³-hybridized carbons (Fsp3) is 0.450. The maximum Gasteiger partial charge on any atom is 0.322 e. The zero-order chi connectivity index (χ0) is 22.8. The number of nitrogens with one attached hydrogen (secondary N) is 2. The van der Waals surface area contributed by atoms with Gasteiger partial charge in [0.2, 0.25) is 0 Å². The van der Waals surface area contributed by atoms with Gasteiger partial charge in [0.05, 0.1) is 23.8 Å². The van der Waals surface area contributed by atoms with Crippen molar-refractivity contribution < 1.29 is 18.8 Å². The SMILES string of the molecule is CCSNCC1Cn2nc3c(c2C(=O)N(C)O1)CN(C(=O)Nc1ccc(F)c(Cl)c1)CC3. The van der Waals surface area contributed by atoms with E-state index in [0.717, 1.165) is 17.0 Å². The van der Waals surface area contributed by atoms with Gasteiger partial charge in [-0.05, 0) is 18.2 Å². The molecule has 9 nitrogen and oxygen atoms in total. The molecule has 1 atom stereocenters. The van der Waals surface area contributed by atoms with Crippen LogP contribution < -0.4 is 10.0 Å². The molecule has 3 heterocycles. The topological polar surface area (TPSA) is 91.7 Å². The van der Waals surface area contributed by atoms with Crippen LogP contribution >= 0.6 is 23.5 Å². The Balaban J connectivity index is 1.52. The minimum Gasteiger partial charge on any atom is -0.320 e. The van der Waals surface area contributed by atoms with Crippen LogP contribution in [0.1, 0.15) is 28.7 Å². The number of aromatic nitrogens is 2. The van der Waals surface area contributed by atoms with Gasteiger partial charge in [0.1, 0.15) is 17.6 Å². The highest BCUT2D eigenvalue weighted by Crippen LogP contribution is 2.27. The van der Waals surface area contributed by atoms with E-state index in [1.165, 1.54) is 23.3 Å². The summed E-state index contributed by atoms with van der Waals surface area (Å²) in [5, 5.41) is 8.55. The largest absolute Gasteiger partial charge is 0.322 e. The van der Waals surface area contributed by atoms with Gasteiger partial charge < -0.3 is 10.2 Å². The van der Waals surface area contributed by atoms with Gasteiger partial charge in [0.15, 0.2) is 0 Å². The van der Waals surface area contributed by atoms with Gasteiger partial charge >= 0.3 is 6.03 Å². The molecule has 12 heteroatoms. The zero-order valence-corrected chi connectivity index (χ0v) is 19.3. The smallest absolute Gasteiger partial charge is 0.320 e. The molecule has 1 aromatic heterocycles. The lowest BCUT2D eigenvalue weighted by molar-refractivity contribution is -0.145. The molecule has 0 fully saturated rings. The minimum atomic E-state index is -0.554. The summed E-state index contributed by atoms with van der Waals surface area (Å²) in [7, 11) is 1.59. The van der Waals surface area contributed by atoms with Crippen LogP contribution in [-0.2, 0) is 24.3 Å². The Morgan fingerprint density at radius 3 is 3.00 bits per heavy atom. The number of anilines is 1. The Hall–Kier alpha value is -2.34. The second-order valence-corrected chi connectivity index (χ2v) is 9.06. The third-order valence-corrected chi connectivity index (χ3v) is 6.24. The van der Waals surface area contributed by atoms with E-state index in [4.69, 9.17) is 16.4 Å². The highest BCUT2D eigenvalue weighted by molar-refractivity contribution is 7.97. The molecule has 1 unspecified atom stereocenters. The lowest BCUT2D eigenvalue weighted by atomic mass is 10.1. The lowest BCUT2D eigenvalue weighted by Crippen LogP contribution is -2.40. The van der Waals surface area contributed by atoms with Crippen LogP contribution in [0.5, 0.6) is 0 Å². The van der Waals surface area contributed by atoms with Crippen LogP contribution in [0, 0.1) is 5.82 Å². The Morgan fingerprint density at radius 1 is 1.44 bits per heavy atom. The van der Waals surface area contributed by atoms with E-state index in [1.807, 2.05) is 6.92 Å². The highest BCUT2D eigenvalue weighted by atomic mass is 35.5. The predicted molar refractivity (Wildman–Crippen MR) is 120 cm³/mol. The first-order valence-electron chi connectivity index (χ1n) is 10.3. The Kier molecular flexibility index (Phi) is 6.89. The van der Waals surface area contributed by atoms with Crippen LogP contribution in [0.2, 0.25) is 5.02 Å². The van der Waals surface area contributed by atoms with Gasteiger partial charge in [0, 0.05) is 43.6 Å². The van der Waals surface area contributed by atoms with Crippen molar-refractivity contribution >= 4 is 41.2 Å². The fourth-order valence-electron chi connectivity index (χ4n) is 3.75. The number of rotatable bonds is 5. The number of amides is 3. The minimum absolute atomic E-state index is 0.0688. The summed E-state index contributed by atoms with van der Waals surface area (Å²) < 4.78 is 18.3. The standard InChI is InChI=1S/C20H24ClFN6O3S/c1-3-32-23-9-13-10-28-18(19(29)26(2)31-13)14-11-27(7-6-17(14)25-28)20(30)24-12-4-5-16(22)15(21)8-12/h4-5,8,13,23H,3,6-7,9-11H2,1-2H3,(H,24,30). The highest BCUT2D eigenvalue weighted by Gasteiger charge is 2.35. The number of carbonyl (C=O) groups excluding carboxylic acids is 2. The molecule has 2 aromatic rings. The molecule has 0 saturated carbocycles. The molecule has 1 aromatic carbocycles. The van der Waals surface area contributed by atoms with Crippen LogP contribution in [0.15, 0.2) is 18.2 Å². The van der Waals surface area contributed by atoms with Crippen LogP contribution in [0.4, 0.5) is 14.9 Å². The summed E-state index contributed by atoms with van der Waals surface area (Å²) in [5.41, 5.74) is 2.37. The first kappa shape index (κ1) is 22.8. The first-order chi connectivity index (χ1) is 15.4. The van der Waals surface area contributed by atoms with E-state index in [-0.39, 0.29) is 29.6 Å². The van der Waals surface area contributed by atoms with Crippen molar-refractivity contribution in [3.05, 3.63) is 46.0 Å². The van der Waals surface area contributed by atoms with Crippen LogP contribution in [0.3, 0.4) is 0 Å². The maximum absolute atomic E-state index is 13.4. The van der Waals surface area contributed by atoms with E-state index < -0.39 is 5.82 Å². The van der Waals surface area contributed by atoms with E-state index >= 15 is 0 Å². The van der Waals surface area contributed by atoms with Gasteiger partial charge in [0.25, 0.3) is 5.91 Å². The monoisotopic (exact) mass is 482 g/mol. The Labute approximate surface area is 194 Å². The molecule has 0 bridgehead atoms. The number of halogens is 2. The van der Waals surface area contributed by atoms with Gasteiger partial charge in [-0.3, -0.25) is 19.0 Å². The molecule has 2 aliphatic heterocycles. The second kappa shape index (κ2) is 9.65. The fourth-order valence-corrected chi connectivity index (χ4v) is 4.44. The van der Waals surface area contributed by atoms with Gasteiger partial charge in [-0.2, -0.15) is 5.10 Å². The summed E-state index contributed by atoms with van der Waals surface area (Å²) in [5.74, 6) is 0.0728. The zero-order valence-electron chi connectivity index (χ0n) is 17.7. The molecule has 0 spiro atoms. The molecule has 172 valence electrons. The van der Waals surface area contributed by atoms with E-state index in [0.29, 0.717) is 37.4 Å². The molecule has 0 saturated heterocycles. The average Bonchev–Trinajstić information content (AvgIpc) is 3.07. The molecular weight excluding hydrogens is 459 g/mol. The molecule has 0 radical (unpaired) electrons. The van der Waals surface area contributed by atoms with Gasteiger partial charge in [-0.15, -0.1) is 0 Å². The van der Waals surface area contributed by atoms with Crippen molar-refractivity contribution in [2.45, 2.75) is 32.5 Å². The molecule has 32 heavy (non-hydrogen) atoms. The van der Waals surface area contributed by atoms with Crippen LogP contribution in [-0.4, -0.2) is 63.7 Å². The lowest BCUT2D eigenvalue weighted by Gasteiger charge is -2.27. The van der Waals surface area contributed by atoms with E-state index in [1.54, 1.807) is 28.6 Å². The van der Waals surface area contributed by atoms with Gasteiger partial charge in [-0.1, -0.05) is 30.5 Å². The number of carbonyl (C=O) groups is 2. The quantitative estimate of drug-likeness (QED) is 0.503. The van der Waals surface area contributed by atoms with Crippen molar-refractivity contribution in [1.82, 2.24) is 24.5 Å². The number of fused-ring (bicyclic) bond motifs is 3. The molecule has 3 amide bonds. The predicted octanol–water partition coefficient (Wildman–Crippen LogP) is 2.91. The Bertz CT molecular complexity index is 1040. The summed E-state index contributed by atoms with van der Waals surface area (Å²) in [4.78, 5) is 33.2. The number of hydrogen-bond donors (Lipinski definition) is 2. The molecule has 0 aliphatic carbocycles. The third-order valence-electron chi connectivity index (χ3n) is 5.29. The number of nitrogens with zero attached hydrogens (tertiary/aromatic N) is 4. The van der Waals surface area contributed by atoms with Crippen molar-refractivity contribution in [1.29, 1.82) is 0 Å². The second-order valence-electron chi connectivity index (χ2n) is 7.50. The summed E-state index contributed by atoms with van der Waals surface area (Å²) in [6.45, 7) is 3.72. The molecule has 2 N–H and O–H groups in total. The molecular formula is C20H24ClFN6O3S. The molecule has 2 aliphatic rings. The van der Waals surface area contributed by atoms with Crippen molar-refractivity contribution in [3.63, 3.8) is 0 Å². The molecule has 4 rings (SSSR count). The summed E-state index contributed by atoms with van der Waals surface area (Å²) in [6, 6.07) is 3.64. The van der Waals surface area contributed by atoms with Crippen molar-refractivity contribution in [2.24, 2.45) is 0 Å². The normalized spacial score (nSPS) is 18.2. The Morgan fingerprint density at radius 2 is 2.25 bits per heavy atom. The number of urea groups is 1. The number of hydrogen-bond acceptors (Lipinski definition) is 6. The van der Waals surface area contributed by atoms with Crippen molar-refractivity contribution in [2.75, 3.05) is 31.2 Å². The number of benzene rings is 1.